The first-order valence-corrected chi connectivity index (χ1v) is 12.6. The van der Waals surface area contributed by atoms with Gasteiger partial charge in [-0.2, -0.15) is 0 Å². The van der Waals surface area contributed by atoms with Gasteiger partial charge in [-0.25, -0.2) is 9.97 Å². The molecule has 1 fully saturated rings. The molecule has 9 nitrogen and oxygen atoms in total. The lowest BCUT2D eigenvalue weighted by atomic mass is 10.1. The van der Waals surface area contributed by atoms with Crippen LogP contribution in [0.5, 0.6) is 0 Å². The number of carbonyl (C=O) groups is 1. The van der Waals surface area contributed by atoms with E-state index in [-0.39, 0.29) is 19.1 Å². The van der Waals surface area contributed by atoms with Crippen LogP contribution in [0.15, 0.2) is 67.0 Å². The number of anilines is 1. The normalized spacial score (nSPS) is 14.0. The van der Waals surface area contributed by atoms with Gasteiger partial charge in [-0.3, -0.25) is 9.20 Å². The maximum absolute atomic E-state index is 12.4. The van der Waals surface area contributed by atoms with Gasteiger partial charge in [-0.15, -0.1) is 0 Å². The molecular weight excluding hydrogens is 470 g/mol. The zero-order chi connectivity index (χ0) is 25.6. The van der Waals surface area contributed by atoms with Crippen molar-refractivity contribution < 1.29 is 19.7 Å². The average Bonchev–Trinajstić information content (AvgIpc) is 3.65. The lowest BCUT2D eigenvalue weighted by Crippen LogP contribution is -2.25. The van der Waals surface area contributed by atoms with Gasteiger partial charge >= 0.3 is 0 Å². The smallest absolute Gasteiger partial charge is 0.251 e. The van der Waals surface area contributed by atoms with Crippen molar-refractivity contribution in [3.05, 3.63) is 72.6 Å². The van der Waals surface area contributed by atoms with Crippen LogP contribution in [0.4, 0.5) is 5.82 Å². The second-order valence-electron chi connectivity index (χ2n) is 9.19. The first kappa shape index (κ1) is 24.9. The van der Waals surface area contributed by atoms with Gasteiger partial charge in [0.05, 0.1) is 30.8 Å². The quantitative estimate of drug-likeness (QED) is 0.220. The summed E-state index contributed by atoms with van der Waals surface area (Å²) >= 11 is 0. The second-order valence-corrected chi connectivity index (χ2v) is 9.19. The Labute approximate surface area is 215 Å². The minimum absolute atomic E-state index is 0.0379. The van der Waals surface area contributed by atoms with Crippen LogP contribution in [-0.4, -0.2) is 69.0 Å². The molecule has 4 N–H and O–H groups in total. The third-order valence-electron chi connectivity index (χ3n) is 6.20. The molecule has 2 heterocycles. The predicted octanol–water partition coefficient (Wildman–Crippen LogP) is 3.13. The topological polar surface area (TPSA) is 121 Å². The summed E-state index contributed by atoms with van der Waals surface area (Å²) in [6, 6.07) is 17.9. The molecule has 0 radical (unpaired) electrons. The molecule has 0 spiro atoms. The third kappa shape index (κ3) is 6.14. The van der Waals surface area contributed by atoms with Gasteiger partial charge in [0.2, 0.25) is 0 Å². The van der Waals surface area contributed by atoms with Crippen molar-refractivity contribution in [2.24, 2.45) is 0 Å². The van der Waals surface area contributed by atoms with Gasteiger partial charge in [-0.05, 0) is 31.4 Å². The molecule has 1 aliphatic carbocycles. The Balaban J connectivity index is 1.38. The van der Waals surface area contributed by atoms with Crippen LogP contribution in [0.3, 0.4) is 0 Å². The predicted molar refractivity (Wildman–Crippen MR) is 141 cm³/mol. The largest absolute Gasteiger partial charge is 0.394 e. The SMILES string of the molecule is O=C(NC1CC1)c1ccc(-c2cnc3c(NCCCOCC(O)CO)nc(-c4ccccc4)cn23)cc1. The van der Waals surface area contributed by atoms with Gasteiger partial charge in [0.1, 0.15) is 6.10 Å². The standard InChI is InChI=1S/C28H31N5O4/c34-17-23(35)18-37-14-4-13-29-26-27-30-15-25(33(27)16-24(32-26)19-5-2-1-3-6-19)20-7-9-21(10-8-20)28(36)31-22-11-12-22/h1-3,5-10,15-16,22-23,34-35H,4,11-14,17-18H2,(H,29,32)(H,31,36). The highest BCUT2D eigenvalue weighted by Crippen LogP contribution is 2.28. The van der Waals surface area contributed by atoms with Crippen molar-refractivity contribution >= 4 is 17.4 Å². The second kappa shape index (κ2) is 11.5. The Bertz CT molecular complexity index is 1340. The number of benzene rings is 2. The lowest BCUT2D eigenvalue weighted by Gasteiger charge is -2.12. The van der Waals surface area contributed by atoms with E-state index in [4.69, 9.17) is 14.8 Å². The van der Waals surface area contributed by atoms with Crippen LogP contribution in [-0.2, 0) is 4.74 Å². The maximum Gasteiger partial charge on any atom is 0.251 e. The minimum atomic E-state index is -0.859. The van der Waals surface area contributed by atoms with E-state index in [9.17, 15) is 9.90 Å². The molecule has 37 heavy (non-hydrogen) atoms. The molecule has 1 unspecified atom stereocenters. The molecule has 0 saturated heterocycles. The van der Waals surface area contributed by atoms with Crippen molar-refractivity contribution in [3.63, 3.8) is 0 Å². The molecule has 4 aromatic rings. The van der Waals surface area contributed by atoms with Crippen molar-refractivity contribution in [2.45, 2.75) is 31.4 Å². The molecule has 9 heteroatoms. The number of nitrogens with zero attached hydrogens (tertiary/aromatic N) is 3. The number of fused-ring (bicyclic) bond motifs is 1. The molecule has 1 aliphatic rings. The van der Waals surface area contributed by atoms with E-state index < -0.39 is 6.10 Å². The van der Waals surface area contributed by atoms with Crippen molar-refractivity contribution in [1.29, 1.82) is 0 Å². The number of hydrogen-bond acceptors (Lipinski definition) is 7. The third-order valence-corrected chi connectivity index (χ3v) is 6.20. The lowest BCUT2D eigenvalue weighted by molar-refractivity contribution is 0.00629. The number of ether oxygens (including phenoxy) is 1. The Kier molecular flexibility index (Phi) is 7.74. The van der Waals surface area contributed by atoms with E-state index >= 15 is 0 Å². The van der Waals surface area contributed by atoms with Gasteiger partial charge in [0.25, 0.3) is 5.91 Å². The number of aliphatic hydroxyl groups is 2. The van der Waals surface area contributed by atoms with Gasteiger partial charge in [0, 0.05) is 42.1 Å². The molecule has 1 amide bonds. The molecule has 192 valence electrons. The van der Waals surface area contributed by atoms with Crippen LogP contribution >= 0.6 is 0 Å². The summed E-state index contributed by atoms with van der Waals surface area (Å²) in [6.07, 6.45) is 5.74. The summed E-state index contributed by atoms with van der Waals surface area (Å²) in [7, 11) is 0. The Morgan fingerprint density at radius 1 is 1.11 bits per heavy atom. The van der Waals surface area contributed by atoms with Crippen molar-refractivity contribution in [3.8, 4) is 22.5 Å². The van der Waals surface area contributed by atoms with Crippen molar-refractivity contribution in [1.82, 2.24) is 19.7 Å². The first-order chi connectivity index (χ1) is 18.1. The number of amides is 1. The zero-order valence-electron chi connectivity index (χ0n) is 20.5. The van der Waals surface area contributed by atoms with E-state index in [1.807, 2.05) is 71.4 Å². The fraction of sp³-hybridized carbons (Fsp3) is 0.321. The number of imidazole rings is 1. The maximum atomic E-state index is 12.4. The van der Waals surface area contributed by atoms with Crippen LogP contribution < -0.4 is 10.6 Å². The Morgan fingerprint density at radius 2 is 1.89 bits per heavy atom. The molecule has 2 aromatic heterocycles. The number of carbonyl (C=O) groups excluding carboxylic acids is 1. The zero-order valence-corrected chi connectivity index (χ0v) is 20.5. The van der Waals surface area contributed by atoms with E-state index in [1.165, 1.54) is 0 Å². The highest BCUT2D eigenvalue weighted by molar-refractivity contribution is 5.95. The summed E-state index contributed by atoms with van der Waals surface area (Å²) < 4.78 is 7.42. The first-order valence-electron chi connectivity index (χ1n) is 12.6. The molecular formula is C28H31N5O4. The number of nitrogens with one attached hydrogen (secondary N) is 2. The highest BCUT2D eigenvalue weighted by Gasteiger charge is 2.23. The van der Waals surface area contributed by atoms with Crippen LogP contribution in [0.2, 0.25) is 0 Å². The number of aromatic nitrogens is 3. The molecule has 0 bridgehead atoms. The van der Waals surface area contributed by atoms with Crippen molar-refractivity contribution in [2.75, 3.05) is 31.7 Å². The fourth-order valence-electron chi connectivity index (χ4n) is 4.01. The van der Waals surface area contributed by atoms with Gasteiger partial charge < -0.3 is 25.6 Å². The van der Waals surface area contributed by atoms with Crippen LogP contribution in [0.25, 0.3) is 28.2 Å². The van der Waals surface area contributed by atoms with E-state index in [0.29, 0.717) is 42.6 Å². The molecule has 1 saturated carbocycles. The fourth-order valence-corrected chi connectivity index (χ4v) is 4.01. The number of aliphatic hydroxyl groups excluding tert-OH is 2. The Morgan fingerprint density at radius 3 is 2.62 bits per heavy atom. The van der Waals surface area contributed by atoms with E-state index in [1.54, 1.807) is 0 Å². The summed E-state index contributed by atoms with van der Waals surface area (Å²) in [5, 5.41) is 24.7. The minimum Gasteiger partial charge on any atom is -0.394 e. The molecule has 2 aromatic carbocycles. The monoisotopic (exact) mass is 501 g/mol. The van der Waals surface area contributed by atoms with Gasteiger partial charge in [-0.1, -0.05) is 42.5 Å². The summed E-state index contributed by atoms with van der Waals surface area (Å²) in [5.74, 6) is 0.618. The van der Waals surface area contributed by atoms with Crippen LogP contribution in [0.1, 0.15) is 29.6 Å². The van der Waals surface area contributed by atoms with E-state index in [2.05, 4.69) is 15.6 Å². The average molecular weight is 502 g/mol. The number of hydrogen-bond donors (Lipinski definition) is 4. The van der Waals surface area contributed by atoms with Crippen LogP contribution in [0, 0.1) is 0 Å². The molecule has 0 aliphatic heterocycles. The summed E-state index contributed by atoms with van der Waals surface area (Å²) in [4.78, 5) is 21.9. The molecule has 5 rings (SSSR count). The van der Waals surface area contributed by atoms with Gasteiger partial charge in [0.15, 0.2) is 11.5 Å². The molecule has 1 atom stereocenters. The summed E-state index contributed by atoms with van der Waals surface area (Å²) in [5.41, 5.74) is 4.97. The highest BCUT2D eigenvalue weighted by atomic mass is 16.5. The Hall–Kier alpha value is -3.79. The summed E-state index contributed by atoms with van der Waals surface area (Å²) in [6.45, 7) is 0.834. The van der Waals surface area contributed by atoms with E-state index in [0.717, 1.165) is 35.4 Å². The number of rotatable bonds is 12.